The molecule has 0 aliphatic carbocycles. The minimum atomic E-state index is 0. The van der Waals surface area contributed by atoms with Crippen molar-refractivity contribution in [2.75, 3.05) is 0 Å². The molecule has 0 bridgehead atoms. The fourth-order valence-electron chi connectivity index (χ4n) is 0.232. The van der Waals surface area contributed by atoms with Gasteiger partial charge in [0.2, 0.25) is 0 Å². The molecule has 1 heterocycles. The van der Waals surface area contributed by atoms with Crippen LogP contribution >= 0.6 is 0 Å². The monoisotopic (exact) mass is 133 g/mol. The summed E-state index contributed by atoms with van der Waals surface area (Å²) in [6.45, 7) is 1.85. The van der Waals surface area contributed by atoms with E-state index in [9.17, 15) is 0 Å². The molecule has 0 unspecified atom stereocenters. The molecule has 4 heteroatoms. The van der Waals surface area contributed by atoms with Crippen molar-refractivity contribution < 1.29 is 18.6 Å². The van der Waals surface area contributed by atoms with Crippen molar-refractivity contribution in [3.63, 3.8) is 0 Å². The van der Waals surface area contributed by atoms with Crippen LogP contribution in [0.3, 0.4) is 0 Å². The Morgan fingerprint density at radius 3 is 2.57 bits per heavy atom. The Hall–Kier alpha value is -0.276. The molecule has 1 radical (unpaired) electrons. The molecule has 1 aromatic heterocycles. The van der Waals surface area contributed by atoms with Crippen LogP contribution in [0, 0.1) is 6.92 Å². The maximum atomic E-state index is 3.56. The normalized spacial score (nSPS) is 7.57. The predicted octanol–water partition coefficient (Wildman–Crippen LogP) is -0.260. The van der Waals surface area contributed by atoms with Crippen LogP contribution in [0.5, 0.6) is 0 Å². The fraction of sp³-hybridized carbons (Fsp3) is 0.333. The third-order valence-electron chi connectivity index (χ3n) is 0.499. The molecule has 0 atom stereocenters. The number of hydrogen-bond donors (Lipinski definition) is 0. The van der Waals surface area contributed by atoms with Gasteiger partial charge in [0.15, 0.2) is 0 Å². The van der Waals surface area contributed by atoms with Gasteiger partial charge in [-0.25, -0.2) is 0 Å². The summed E-state index contributed by atoms with van der Waals surface area (Å²) >= 11 is 0. The Morgan fingerprint density at radius 2 is 2.43 bits per heavy atom. The number of aryl methyl sites for hydroxylation is 1. The van der Waals surface area contributed by atoms with Gasteiger partial charge in [-0.15, -0.1) is 0 Å². The van der Waals surface area contributed by atoms with E-state index < -0.39 is 0 Å². The van der Waals surface area contributed by atoms with Gasteiger partial charge < -0.3 is 10.2 Å². The number of nitrogens with zero attached hydrogens (tertiary/aromatic N) is 3. The van der Waals surface area contributed by atoms with Gasteiger partial charge in [-0.3, -0.25) is 5.21 Å². The zero-order valence-corrected chi connectivity index (χ0v) is 5.26. The van der Waals surface area contributed by atoms with Crippen LogP contribution in [0.25, 0.3) is 0 Å². The Morgan fingerprint density at radius 1 is 1.71 bits per heavy atom. The first-order valence-corrected chi connectivity index (χ1v) is 1.67. The molecule has 0 amide bonds. The first-order valence-electron chi connectivity index (χ1n) is 1.67. The second kappa shape index (κ2) is 2.83. The third-order valence-corrected chi connectivity index (χ3v) is 0.499. The summed E-state index contributed by atoms with van der Waals surface area (Å²) in [6.07, 6.45) is 1.61. The summed E-state index contributed by atoms with van der Waals surface area (Å²) in [5.41, 5.74) is 0.870. The van der Waals surface area contributed by atoms with Crippen molar-refractivity contribution in [3.8, 4) is 0 Å². The summed E-state index contributed by atoms with van der Waals surface area (Å²) in [5.74, 6) is 0. The molecular weight excluding hydrogens is 129 g/mol. The zero-order valence-electron chi connectivity index (χ0n) is 3.87. The average molecular weight is 133 g/mol. The molecule has 0 aliphatic heterocycles. The molecule has 0 fully saturated rings. The molecule has 1 rings (SSSR count). The Kier molecular flexibility index (Phi) is 2.71. The largest absolute Gasteiger partial charge is 0.358 e. The smallest absolute Gasteiger partial charge is 0 e. The van der Waals surface area contributed by atoms with Crippen LogP contribution in [0.2, 0.25) is 0 Å². The van der Waals surface area contributed by atoms with Crippen LogP contribution in [-0.4, -0.2) is 10.3 Å². The van der Waals surface area contributed by atoms with Crippen LogP contribution in [-0.2, 0) is 18.6 Å². The van der Waals surface area contributed by atoms with Crippen molar-refractivity contribution in [1.82, 2.24) is 15.4 Å². The van der Waals surface area contributed by atoms with Crippen molar-refractivity contribution in [2.24, 2.45) is 0 Å². The molecule has 0 N–H and O–H groups in total. The van der Waals surface area contributed by atoms with E-state index in [1.54, 1.807) is 6.20 Å². The van der Waals surface area contributed by atoms with Crippen LogP contribution in [0.4, 0.5) is 0 Å². The maximum Gasteiger partial charge on any atom is 0 e. The summed E-state index contributed by atoms with van der Waals surface area (Å²) in [7, 11) is 0. The van der Waals surface area contributed by atoms with E-state index in [1.165, 1.54) is 0 Å². The van der Waals surface area contributed by atoms with E-state index in [2.05, 4.69) is 15.4 Å². The predicted molar refractivity (Wildman–Crippen MR) is 20.1 cm³/mol. The number of aromatic nitrogens is 3. The fourth-order valence-corrected chi connectivity index (χ4v) is 0.232. The van der Waals surface area contributed by atoms with E-state index in [4.69, 9.17) is 0 Å². The molecule has 0 aromatic carbocycles. The molecule has 3 nitrogen and oxygen atoms in total. The molecule has 37 valence electrons. The molecule has 0 aliphatic rings. The molecule has 0 spiro atoms. The van der Waals surface area contributed by atoms with Gasteiger partial charge >= 0.3 is 0 Å². The van der Waals surface area contributed by atoms with Crippen molar-refractivity contribution in [1.29, 1.82) is 0 Å². The van der Waals surface area contributed by atoms with E-state index in [1.807, 2.05) is 6.92 Å². The maximum absolute atomic E-state index is 3.56. The SMILES string of the molecule is Cc1cnn[n-]1.[V]. The van der Waals surface area contributed by atoms with Gasteiger partial charge in [-0.1, -0.05) is 11.9 Å². The molecule has 7 heavy (non-hydrogen) atoms. The van der Waals surface area contributed by atoms with Crippen LogP contribution < -0.4 is 5.10 Å². The Bertz CT molecular complexity index is 114. The van der Waals surface area contributed by atoms with Crippen LogP contribution in [0.15, 0.2) is 6.20 Å². The van der Waals surface area contributed by atoms with E-state index in [0.717, 1.165) is 5.69 Å². The topological polar surface area (TPSA) is 39.9 Å². The number of rotatable bonds is 0. The quantitative estimate of drug-likeness (QED) is 0.489. The van der Waals surface area contributed by atoms with Crippen molar-refractivity contribution in [2.45, 2.75) is 6.92 Å². The minimum Gasteiger partial charge on any atom is -0.358 e. The summed E-state index contributed by atoms with van der Waals surface area (Å²) in [6, 6.07) is 0. The summed E-state index contributed by atoms with van der Waals surface area (Å²) < 4.78 is 0. The van der Waals surface area contributed by atoms with Gasteiger partial charge in [-0.05, 0) is 6.92 Å². The second-order valence-electron chi connectivity index (χ2n) is 1.08. The summed E-state index contributed by atoms with van der Waals surface area (Å²) in [5, 5.41) is 10.3. The van der Waals surface area contributed by atoms with Gasteiger partial charge in [0.05, 0.1) is 0 Å². The van der Waals surface area contributed by atoms with Crippen molar-refractivity contribution >= 4 is 0 Å². The Balaban J connectivity index is 0.000000360. The minimum absolute atomic E-state index is 0. The summed E-state index contributed by atoms with van der Waals surface area (Å²) in [4.78, 5) is 0. The van der Waals surface area contributed by atoms with E-state index in [-0.39, 0.29) is 18.6 Å². The number of hydrogen-bond acceptors (Lipinski definition) is 2. The molecule has 0 saturated carbocycles. The molecular formula is C3H4N3V-. The first-order chi connectivity index (χ1) is 2.89. The van der Waals surface area contributed by atoms with Gasteiger partial charge in [-0.2, -0.15) is 0 Å². The molecule has 0 saturated heterocycles. The average Bonchev–Trinajstić information content (AvgIpc) is 1.86. The van der Waals surface area contributed by atoms with E-state index in [0.29, 0.717) is 0 Å². The Labute approximate surface area is 53.4 Å². The van der Waals surface area contributed by atoms with Gasteiger partial charge in [0, 0.05) is 18.6 Å². The standard InChI is InChI=1S/C3H4N3.V/c1-3-2-4-6-5-3;/h2H,1H3;/q-1;. The molecule has 1 aromatic rings. The third kappa shape index (κ3) is 1.76. The van der Waals surface area contributed by atoms with Gasteiger partial charge in [0.25, 0.3) is 0 Å². The first kappa shape index (κ1) is 6.72. The van der Waals surface area contributed by atoms with Crippen molar-refractivity contribution in [3.05, 3.63) is 11.9 Å². The second-order valence-corrected chi connectivity index (χ2v) is 1.08. The van der Waals surface area contributed by atoms with Gasteiger partial charge in [0.1, 0.15) is 0 Å². The van der Waals surface area contributed by atoms with Crippen LogP contribution in [0.1, 0.15) is 5.69 Å². The van der Waals surface area contributed by atoms with E-state index >= 15 is 0 Å². The zero-order chi connectivity index (χ0) is 4.41.